The Balaban J connectivity index is 2.34. The number of ether oxygens (including phenoxy) is 1. The van der Waals surface area contributed by atoms with Crippen molar-refractivity contribution in [1.82, 2.24) is 15.1 Å². The lowest BCUT2D eigenvalue weighted by atomic mass is 10.4. The molecule has 1 rings (SSSR count). The molecule has 0 aliphatic carbocycles. The normalized spacial score (nSPS) is 10.1. The molecule has 0 aromatic carbocycles. The van der Waals surface area contributed by atoms with Crippen LogP contribution in [0.5, 0.6) is 5.88 Å². The van der Waals surface area contributed by atoms with E-state index < -0.39 is 0 Å². The molecule has 5 heteroatoms. The highest BCUT2D eigenvalue weighted by Crippen LogP contribution is 2.03. The molecule has 1 aromatic heterocycles. The summed E-state index contributed by atoms with van der Waals surface area (Å²) in [4.78, 5) is 2.26. The zero-order valence-electron chi connectivity index (χ0n) is 9.68. The van der Waals surface area contributed by atoms with Gasteiger partial charge in [0.25, 0.3) is 0 Å². The molecule has 0 N–H and O–H groups in total. The number of rotatable bonds is 6. The van der Waals surface area contributed by atoms with Crippen molar-refractivity contribution in [3.63, 3.8) is 0 Å². The van der Waals surface area contributed by atoms with Gasteiger partial charge in [-0.25, -0.2) is 0 Å². The van der Waals surface area contributed by atoms with Crippen LogP contribution in [0.1, 0.15) is 19.5 Å². The van der Waals surface area contributed by atoms with Gasteiger partial charge in [0.05, 0.1) is 0 Å². The van der Waals surface area contributed by atoms with E-state index in [0.29, 0.717) is 18.2 Å². The minimum Gasteiger partial charge on any atom is -0.475 e. The molecule has 0 aliphatic heterocycles. The van der Waals surface area contributed by atoms with E-state index >= 15 is 0 Å². The van der Waals surface area contributed by atoms with Gasteiger partial charge in [-0.3, -0.25) is 0 Å². The zero-order chi connectivity index (χ0) is 11.8. The molecule has 0 fully saturated rings. The first-order valence-corrected chi connectivity index (χ1v) is 5.39. The molecule has 16 heavy (non-hydrogen) atoms. The van der Waals surface area contributed by atoms with E-state index in [4.69, 9.17) is 10.00 Å². The number of aromatic nitrogens is 2. The first kappa shape index (κ1) is 12.4. The van der Waals surface area contributed by atoms with Crippen LogP contribution in [0.15, 0.2) is 12.1 Å². The number of hydrogen-bond donors (Lipinski definition) is 0. The Labute approximate surface area is 95.7 Å². The highest BCUT2D eigenvalue weighted by molar-refractivity contribution is 5.21. The van der Waals surface area contributed by atoms with Gasteiger partial charge in [-0.15, -0.1) is 10.2 Å². The van der Waals surface area contributed by atoms with Crippen molar-refractivity contribution < 1.29 is 4.74 Å². The molecule has 86 valence electrons. The van der Waals surface area contributed by atoms with Crippen LogP contribution in [-0.2, 0) is 0 Å². The zero-order valence-corrected chi connectivity index (χ0v) is 9.68. The highest BCUT2D eigenvalue weighted by Gasteiger charge is 2.01. The van der Waals surface area contributed by atoms with Gasteiger partial charge < -0.3 is 9.64 Å². The lowest BCUT2D eigenvalue weighted by Gasteiger charge is -2.17. The van der Waals surface area contributed by atoms with Crippen LogP contribution in [0.3, 0.4) is 0 Å². The van der Waals surface area contributed by atoms with Gasteiger partial charge in [0.15, 0.2) is 5.69 Å². The Hall–Kier alpha value is -1.67. The molecule has 0 spiro atoms. The number of nitriles is 1. The molecule has 0 unspecified atom stereocenters. The summed E-state index contributed by atoms with van der Waals surface area (Å²) in [5, 5.41) is 16.0. The molecular weight excluding hydrogens is 204 g/mol. The van der Waals surface area contributed by atoms with Gasteiger partial charge in [-0.1, -0.05) is 13.8 Å². The van der Waals surface area contributed by atoms with Crippen molar-refractivity contribution in [2.24, 2.45) is 0 Å². The molecule has 0 saturated carbocycles. The van der Waals surface area contributed by atoms with E-state index in [1.54, 1.807) is 12.1 Å². The summed E-state index contributed by atoms with van der Waals surface area (Å²) >= 11 is 0. The van der Waals surface area contributed by atoms with E-state index in [9.17, 15) is 0 Å². The van der Waals surface area contributed by atoms with Crippen LogP contribution in [0.25, 0.3) is 0 Å². The summed E-state index contributed by atoms with van der Waals surface area (Å²) in [5.74, 6) is 0.464. The van der Waals surface area contributed by atoms with Crippen LogP contribution in [0, 0.1) is 11.3 Å². The van der Waals surface area contributed by atoms with Gasteiger partial charge in [-0.05, 0) is 19.2 Å². The van der Waals surface area contributed by atoms with Crippen molar-refractivity contribution in [2.45, 2.75) is 13.8 Å². The third-order valence-electron chi connectivity index (χ3n) is 2.31. The quantitative estimate of drug-likeness (QED) is 0.717. The monoisotopic (exact) mass is 220 g/mol. The fourth-order valence-corrected chi connectivity index (χ4v) is 1.28. The maximum absolute atomic E-state index is 8.54. The first-order valence-electron chi connectivity index (χ1n) is 5.39. The van der Waals surface area contributed by atoms with E-state index in [2.05, 4.69) is 28.9 Å². The summed E-state index contributed by atoms with van der Waals surface area (Å²) in [6.07, 6.45) is 0. The maximum atomic E-state index is 8.54. The SMILES string of the molecule is CCN(CC)CCOc1ccc(C#N)nn1. The second-order valence-corrected chi connectivity index (χ2v) is 3.24. The molecule has 0 aliphatic rings. The van der Waals surface area contributed by atoms with Crippen molar-refractivity contribution in [3.05, 3.63) is 17.8 Å². The molecule has 1 heterocycles. The molecule has 5 nitrogen and oxygen atoms in total. The molecule has 0 amide bonds. The van der Waals surface area contributed by atoms with Crippen molar-refractivity contribution in [3.8, 4) is 11.9 Å². The van der Waals surface area contributed by atoms with Crippen LogP contribution >= 0.6 is 0 Å². The lowest BCUT2D eigenvalue weighted by Crippen LogP contribution is -2.28. The molecule has 0 radical (unpaired) electrons. The predicted molar refractivity (Wildman–Crippen MR) is 60.0 cm³/mol. The van der Waals surface area contributed by atoms with E-state index in [-0.39, 0.29) is 0 Å². The second-order valence-electron chi connectivity index (χ2n) is 3.24. The smallest absolute Gasteiger partial charge is 0.233 e. The van der Waals surface area contributed by atoms with E-state index in [1.807, 2.05) is 6.07 Å². The third kappa shape index (κ3) is 3.83. The Morgan fingerprint density at radius 2 is 2.06 bits per heavy atom. The summed E-state index contributed by atoms with van der Waals surface area (Å²) in [6, 6.07) is 5.17. The fourth-order valence-electron chi connectivity index (χ4n) is 1.28. The molecule has 0 saturated heterocycles. The Morgan fingerprint density at radius 1 is 1.31 bits per heavy atom. The summed E-state index contributed by atoms with van der Waals surface area (Å²) in [5.41, 5.74) is 0.302. The number of nitrogens with zero attached hydrogens (tertiary/aromatic N) is 4. The maximum Gasteiger partial charge on any atom is 0.233 e. The van der Waals surface area contributed by atoms with Crippen molar-refractivity contribution >= 4 is 0 Å². The minimum atomic E-state index is 0.302. The molecular formula is C11H16N4O. The standard InChI is InChI=1S/C11H16N4O/c1-3-15(4-2)7-8-16-11-6-5-10(9-12)13-14-11/h5-6H,3-4,7-8H2,1-2H3. The largest absolute Gasteiger partial charge is 0.475 e. The van der Waals surface area contributed by atoms with Gasteiger partial charge in [0, 0.05) is 12.6 Å². The minimum absolute atomic E-state index is 0.302. The van der Waals surface area contributed by atoms with E-state index in [1.165, 1.54) is 0 Å². The Bertz CT molecular complexity index is 340. The van der Waals surface area contributed by atoms with Crippen LogP contribution in [0.4, 0.5) is 0 Å². The first-order chi connectivity index (χ1) is 7.80. The third-order valence-corrected chi connectivity index (χ3v) is 2.31. The summed E-state index contributed by atoms with van der Waals surface area (Å²) in [7, 11) is 0. The topological polar surface area (TPSA) is 62.0 Å². The van der Waals surface area contributed by atoms with Gasteiger partial charge in [0.2, 0.25) is 5.88 Å². The van der Waals surface area contributed by atoms with Crippen LogP contribution in [0.2, 0.25) is 0 Å². The average molecular weight is 220 g/mol. The number of hydrogen-bond acceptors (Lipinski definition) is 5. The fraction of sp³-hybridized carbons (Fsp3) is 0.545. The Kier molecular flexibility index (Phi) is 5.23. The molecule has 0 atom stereocenters. The van der Waals surface area contributed by atoms with Crippen molar-refractivity contribution in [1.29, 1.82) is 5.26 Å². The summed E-state index contributed by atoms with van der Waals surface area (Å²) < 4.78 is 5.41. The summed E-state index contributed by atoms with van der Waals surface area (Å²) in [6.45, 7) is 7.71. The van der Waals surface area contributed by atoms with Crippen LogP contribution < -0.4 is 4.74 Å². The van der Waals surface area contributed by atoms with Gasteiger partial charge in [0.1, 0.15) is 12.7 Å². The van der Waals surface area contributed by atoms with E-state index in [0.717, 1.165) is 19.6 Å². The molecule has 0 bridgehead atoms. The van der Waals surface area contributed by atoms with Gasteiger partial charge in [-0.2, -0.15) is 5.26 Å². The second kappa shape index (κ2) is 6.75. The van der Waals surface area contributed by atoms with Gasteiger partial charge >= 0.3 is 0 Å². The lowest BCUT2D eigenvalue weighted by molar-refractivity contribution is 0.216. The van der Waals surface area contributed by atoms with Crippen LogP contribution in [-0.4, -0.2) is 41.3 Å². The number of likely N-dealkylation sites (N-methyl/N-ethyl adjacent to an activating group) is 1. The Morgan fingerprint density at radius 3 is 2.56 bits per heavy atom. The molecule has 1 aromatic rings. The van der Waals surface area contributed by atoms with Crippen molar-refractivity contribution in [2.75, 3.05) is 26.2 Å². The average Bonchev–Trinajstić information content (AvgIpc) is 2.35. The highest BCUT2D eigenvalue weighted by atomic mass is 16.5. The predicted octanol–water partition coefficient (Wildman–Crippen LogP) is 1.07.